The number of rotatable bonds is 7. The van der Waals surface area contributed by atoms with Gasteiger partial charge in [0.15, 0.2) is 0 Å². The van der Waals surface area contributed by atoms with E-state index in [1.54, 1.807) is 14.0 Å². The topological polar surface area (TPSA) is 67.5 Å². The minimum Gasteiger partial charge on any atom is -0.393 e. The van der Waals surface area contributed by atoms with Crippen LogP contribution in [0.2, 0.25) is 0 Å². The van der Waals surface area contributed by atoms with Crippen LogP contribution < -0.4 is 11.1 Å². The molecule has 4 N–H and O–H groups in total. The van der Waals surface area contributed by atoms with Gasteiger partial charge in [0.1, 0.15) is 0 Å². The van der Waals surface area contributed by atoms with Gasteiger partial charge in [0, 0.05) is 19.7 Å². The molecule has 0 amide bonds. The van der Waals surface area contributed by atoms with E-state index in [2.05, 4.69) is 5.32 Å². The lowest BCUT2D eigenvalue weighted by atomic mass is 10.0. The van der Waals surface area contributed by atoms with Crippen LogP contribution in [-0.4, -0.2) is 43.1 Å². The maximum absolute atomic E-state index is 9.22. The molecule has 4 heteroatoms. The Hall–Kier alpha value is -0.160. The minimum atomic E-state index is -0.290. The summed E-state index contributed by atoms with van der Waals surface area (Å²) < 4.78 is 5.10. The lowest BCUT2D eigenvalue weighted by Crippen LogP contribution is -2.55. The third-order valence-corrected chi connectivity index (χ3v) is 2.20. The molecule has 0 heterocycles. The largest absolute Gasteiger partial charge is 0.393 e. The van der Waals surface area contributed by atoms with Crippen molar-refractivity contribution in [2.75, 3.05) is 20.3 Å². The van der Waals surface area contributed by atoms with Crippen LogP contribution in [0.25, 0.3) is 0 Å². The van der Waals surface area contributed by atoms with E-state index in [1.807, 2.05) is 13.8 Å². The number of aliphatic hydroxyl groups excluding tert-OH is 1. The van der Waals surface area contributed by atoms with Crippen molar-refractivity contribution in [1.29, 1.82) is 0 Å². The Bertz CT molecular complexity index is 153. The second-order valence-electron chi connectivity index (χ2n) is 4.33. The highest BCUT2D eigenvalue weighted by atomic mass is 16.5. The van der Waals surface area contributed by atoms with Crippen molar-refractivity contribution in [3.05, 3.63) is 0 Å². The number of methoxy groups -OCH3 is 1. The molecule has 3 atom stereocenters. The molecular formula is C10H24N2O2. The van der Waals surface area contributed by atoms with E-state index < -0.39 is 0 Å². The number of nitrogens with two attached hydrogens (primary N) is 1. The number of ether oxygens (including phenoxy) is 1. The van der Waals surface area contributed by atoms with Crippen molar-refractivity contribution < 1.29 is 9.84 Å². The van der Waals surface area contributed by atoms with Crippen molar-refractivity contribution in [2.24, 2.45) is 5.73 Å². The third kappa shape index (κ3) is 5.54. The molecule has 0 rings (SSSR count). The van der Waals surface area contributed by atoms with Gasteiger partial charge in [-0.2, -0.15) is 0 Å². The monoisotopic (exact) mass is 204 g/mol. The molecule has 0 bridgehead atoms. The van der Waals surface area contributed by atoms with Crippen LogP contribution in [0.4, 0.5) is 0 Å². The Labute approximate surface area is 86.8 Å². The Morgan fingerprint density at radius 3 is 2.43 bits per heavy atom. The van der Waals surface area contributed by atoms with E-state index in [4.69, 9.17) is 10.5 Å². The highest BCUT2D eigenvalue weighted by molar-refractivity contribution is 4.86. The highest BCUT2D eigenvalue weighted by Gasteiger charge is 2.24. The molecule has 0 aliphatic carbocycles. The summed E-state index contributed by atoms with van der Waals surface area (Å²) in [6, 6.07) is 0.235. The van der Waals surface area contributed by atoms with Gasteiger partial charge < -0.3 is 20.9 Å². The first-order chi connectivity index (χ1) is 6.43. The smallest absolute Gasteiger partial charge is 0.0654 e. The first kappa shape index (κ1) is 13.8. The zero-order chi connectivity index (χ0) is 11.2. The average Bonchev–Trinajstić information content (AvgIpc) is 2.02. The molecule has 0 fully saturated rings. The summed E-state index contributed by atoms with van der Waals surface area (Å²) >= 11 is 0. The van der Waals surface area contributed by atoms with Gasteiger partial charge in [-0.25, -0.2) is 0 Å². The Kier molecular flexibility index (Phi) is 6.27. The summed E-state index contributed by atoms with van der Waals surface area (Å²) in [4.78, 5) is 0. The number of hydrogen-bond donors (Lipinski definition) is 3. The third-order valence-electron chi connectivity index (χ3n) is 2.20. The van der Waals surface area contributed by atoms with Crippen molar-refractivity contribution in [1.82, 2.24) is 5.32 Å². The zero-order valence-electron chi connectivity index (χ0n) is 9.71. The molecule has 0 aromatic rings. The Morgan fingerprint density at radius 1 is 1.50 bits per heavy atom. The van der Waals surface area contributed by atoms with Crippen LogP contribution in [0.5, 0.6) is 0 Å². The molecule has 86 valence electrons. The summed E-state index contributed by atoms with van der Waals surface area (Å²) in [6.07, 6.45) is 0.432. The molecule has 3 unspecified atom stereocenters. The van der Waals surface area contributed by atoms with E-state index in [-0.39, 0.29) is 17.7 Å². The summed E-state index contributed by atoms with van der Waals surface area (Å²) in [5, 5.41) is 12.6. The van der Waals surface area contributed by atoms with Gasteiger partial charge in [0.25, 0.3) is 0 Å². The van der Waals surface area contributed by atoms with Crippen LogP contribution in [0.1, 0.15) is 27.2 Å². The SMILES string of the molecule is COCC(C)(CN)NC(C)CC(C)O. The molecule has 0 radical (unpaired) electrons. The molecule has 0 aliphatic rings. The van der Waals surface area contributed by atoms with Crippen LogP contribution in [0, 0.1) is 0 Å². The first-order valence-electron chi connectivity index (χ1n) is 5.08. The standard InChI is InChI=1S/C10H24N2O2/c1-8(5-9(2)13)12-10(3,6-11)7-14-4/h8-9,12-13H,5-7,11H2,1-4H3. The van der Waals surface area contributed by atoms with E-state index in [1.165, 1.54) is 0 Å². The van der Waals surface area contributed by atoms with Gasteiger partial charge >= 0.3 is 0 Å². The molecule has 0 aliphatic heterocycles. The van der Waals surface area contributed by atoms with Crippen molar-refractivity contribution in [3.63, 3.8) is 0 Å². The van der Waals surface area contributed by atoms with E-state index in [0.717, 1.165) is 6.42 Å². The fraction of sp³-hybridized carbons (Fsp3) is 1.00. The predicted molar refractivity (Wildman–Crippen MR) is 58.2 cm³/mol. The minimum absolute atomic E-state index is 0.205. The number of nitrogens with one attached hydrogen (secondary N) is 1. The molecule has 14 heavy (non-hydrogen) atoms. The Morgan fingerprint density at radius 2 is 2.07 bits per heavy atom. The van der Waals surface area contributed by atoms with Crippen LogP contribution >= 0.6 is 0 Å². The molecule has 4 nitrogen and oxygen atoms in total. The fourth-order valence-corrected chi connectivity index (χ4v) is 1.64. The van der Waals surface area contributed by atoms with Gasteiger partial charge in [0.2, 0.25) is 0 Å². The van der Waals surface area contributed by atoms with Crippen LogP contribution in [-0.2, 0) is 4.74 Å². The van der Waals surface area contributed by atoms with E-state index in [0.29, 0.717) is 13.2 Å². The van der Waals surface area contributed by atoms with Crippen molar-refractivity contribution >= 4 is 0 Å². The second kappa shape index (κ2) is 6.35. The van der Waals surface area contributed by atoms with Gasteiger partial charge in [-0.15, -0.1) is 0 Å². The van der Waals surface area contributed by atoms with Gasteiger partial charge in [0.05, 0.1) is 18.2 Å². The lowest BCUT2D eigenvalue weighted by molar-refractivity contribution is 0.104. The Balaban J connectivity index is 4.02. The molecule has 0 aromatic heterocycles. The first-order valence-corrected chi connectivity index (χ1v) is 5.08. The van der Waals surface area contributed by atoms with E-state index in [9.17, 15) is 5.11 Å². The molecule has 0 saturated heterocycles. The normalized spacial score (nSPS) is 20.1. The number of hydrogen-bond acceptors (Lipinski definition) is 4. The van der Waals surface area contributed by atoms with Crippen LogP contribution in [0.15, 0.2) is 0 Å². The summed E-state index contributed by atoms with van der Waals surface area (Å²) in [5.41, 5.74) is 5.46. The van der Waals surface area contributed by atoms with Gasteiger partial charge in [-0.3, -0.25) is 0 Å². The summed E-state index contributed by atoms with van der Waals surface area (Å²) in [5.74, 6) is 0. The molecule has 0 spiro atoms. The van der Waals surface area contributed by atoms with Crippen molar-refractivity contribution in [2.45, 2.75) is 44.9 Å². The summed E-state index contributed by atoms with van der Waals surface area (Å²) in [7, 11) is 1.66. The average molecular weight is 204 g/mol. The zero-order valence-corrected chi connectivity index (χ0v) is 9.71. The van der Waals surface area contributed by atoms with E-state index >= 15 is 0 Å². The fourth-order valence-electron chi connectivity index (χ4n) is 1.64. The maximum atomic E-state index is 9.22. The quantitative estimate of drug-likeness (QED) is 0.550. The van der Waals surface area contributed by atoms with Gasteiger partial charge in [-0.1, -0.05) is 0 Å². The highest BCUT2D eigenvalue weighted by Crippen LogP contribution is 2.06. The van der Waals surface area contributed by atoms with Crippen molar-refractivity contribution in [3.8, 4) is 0 Å². The van der Waals surface area contributed by atoms with Crippen LogP contribution in [0.3, 0.4) is 0 Å². The predicted octanol–water partition coefficient (Wildman–Crippen LogP) is 0.0992. The molecule has 0 saturated carbocycles. The van der Waals surface area contributed by atoms with Gasteiger partial charge in [-0.05, 0) is 27.2 Å². The lowest BCUT2D eigenvalue weighted by Gasteiger charge is -2.32. The maximum Gasteiger partial charge on any atom is 0.0654 e. The number of aliphatic hydroxyl groups is 1. The molecule has 0 aromatic carbocycles. The molecular weight excluding hydrogens is 180 g/mol. The summed E-state index contributed by atoms with van der Waals surface area (Å²) in [6.45, 7) is 6.94. The second-order valence-corrected chi connectivity index (χ2v) is 4.33.